The Morgan fingerprint density at radius 1 is 1.32 bits per heavy atom. The minimum absolute atomic E-state index is 0.0246. The molecule has 5 nitrogen and oxygen atoms in total. The van der Waals surface area contributed by atoms with E-state index in [-0.39, 0.29) is 18.1 Å². The van der Waals surface area contributed by atoms with Gasteiger partial charge in [0.2, 0.25) is 0 Å². The zero-order chi connectivity index (χ0) is 16.7. The lowest BCUT2D eigenvalue weighted by Crippen LogP contribution is -2.47. The quantitative estimate of drug-likeness (QED) is 0.814. The zero-order valence-electron chi connectivity index (χ0n) is 14.2. The highest BCUT2D eigenvalue weighted by Gasteiger charge is 2.20. The number of hydrogen-bond donors (Lipinski definition) is 2. The number of rotatable bonds is 7. The molecule has 0 heterocycles. The van der Waals surface area contributed by atoms with Crippen LogP contribution in [0.2, 0.25) is 0 Å². The Hall–Kier alpha value is -1.75. The summed E-state index contributed by atoms with van der Waals surface area (Å²) in [5, 5.41) is 12.5. The number of aliphatic hydroxyl groups excluding tert-OH is 1. The number of aliphatic hydroxyl groups is 1. The van der Waals surface area contributed by atoms with E-state index in [2.05, 4.69) is 5.32 Å². The fourth-order valence-corrected chi connectivity index (χ4v) is 2.20. The monoisotopic (exact) mass is 308 g/mol. The van der Waals surface area contributed by atoms with E-state index in [1.165, 1.54) is 0 Å². The molecule has 0 aromatic heterocycles. The first-order valence-electron chi connectivity index (χ1n) is 7.83. The van der Waals surface area contributed by atoms with Crippen LogP contribution in [0.5, 0.6) is 5.75 Å². The van der Waals surface area contributed by atoms with Crippen LogP contribution >= 0.6 is 0 Å². The number of urea groups is 1. The molecule has 0 aliphatic carbocycles. The molecule has 1 aromatic rings. The van der Waals surface area contributed by atoms with Gasteiger partial charge in [0.05, 0.1) is 18.8 Å². The first kappa shape index (κ1) is 18.3. The Morgan fingerprint density at radius 2 is 2.00 bits per heavy atom. The van der Waals surface area contributed by atoms with E-state index in [0.717, 1.165) is 11.3 Å². The lowest BCUT2D eigenvalue weighted by molar-refractivity contribution is 0.117. The molecule has 124 valence electrons. The van der Waals surface area contributed by atoms with Crippen molar-refractivity contribution in [2.45, 2.75) is 52.8 Å². The highest BCUT2D eigenvalue weighted by atomic mass is 16.5. The van der Waals surface area contributed by atoms with Crippen molar-refractivity contribution in [2.75, 3.05) is 13.2 Å². The largest absolute Gasteiger partial charge is 0.494 e. The standard InChI is InChI=1S/C17H28N2O3/c1-6-22-16-9-7-8-15(10-16)14(5)18-17(21)19(12(2)3)11-13(4)20/h7-10,12-14,20H,6,11H2,1-5H3,(H,18,21). The summed E-state index contributed by atoms with van der Waals surface area (Å²) in [5.74, 6) is 0.797. The van der Waals surface area contributed by atoms with E-state index in [4.69, 9.17) is 4.74 Å². The van der Waals surface area contributed by atoms with Gasteiger partial charge in [0.15, 0.2) is 0 Å². The van der Waals surface area contributed by atoms with E-state index < -0.39 is 6.10 Å². The molecule has 0 radical (unpaired) electrons. The lowest BCUT2D eigenvalue weighted by atomic mass is 10.1. The van der Waals surface area contributed by atoms with Crippen molar-refractivity contribution in [3.63, 3.8) is 0 Å². The fraction of sp³-hybridized carbons (Fsp3) is 0.588. The molecule has 0 aliphatic rings. The maximum absolute atomic E-state index is 12.4. The van der Waals surface area contributed by atoms with E-state index >= 15 is 0 Å². The molecular weight excluding hydrogens is 280 g/mol. The number of benzene rings is 1. The first-order chi connectivity index (χ1) is 10.3. The molecule has 2 atom stereocenters. The van der Waals surface area contributed by atoms with Crippen LogP contribution in [0.15, 0.2) is 24.3 Å². The molecule has 22 heavy (non-hydrogen) atoms. The molecule has 0 saturated carbocycles. The van der Waals surface area contributed by atoms with Crippen LogP contribution in [0, 0.1) is 0 Å². The van der Waals surface area contributed by atoms with Crippen molar-refractivity contribution in [3.05, 3.63) is 29.8 Å². The fourth-order valence-electron chi connectivity index (χ4n) is 2.20. The third-order valence-electron chi connectivity index (χ3n) is 3.35. The maximum Gasteiger partial charge on any atom is 0.318 e. The van der Waals surface area contributed by atoms with Crippen molar-refractivity contribution >= 4 is 6.03 Å². The van der Waals surface area contributed by atoms with Crippen molar-refractivity contribution < 1.29 is 14.6 Å². The Kier molecular flexibility index (Phi) is 7.18. The molecule has 2 unspecified atom stereocenters. The highest BCUT2D eigenvalue weighted by Crippen LogP contribution is 2.19. The summed E-state index contributed by atoms with van der Waals surface area (Å²) in [5.41, 5.74) is 0.986. The van der Waals surface area contributed by atoms with Crippen LogP contribution in [0.3, 0.4) is 0 Å². The Balaban J connectivity index is 2.75. The number of nitrogens with one attached hydrogen (secondary N) is 1. The van der Waals surface area contributed by atoms with Gasteiger partial charge < -0.3 is 20.1 Å². The average molecular weight is 308 g/mol. The van der Waals surface area contributed by atoms with Crippen LogP contribution in [0.4, 0.5) is 4.79 Å². The topological polar surface area (TPSA) is 61.8 Å². The molecule has 0 spiro atoms. The van der Waals surface area contributed by atoms with Crippen molar-refractivity contribution in [3.8, 4) is 5.75 Å². The van der Waals surface area contributed by atoms with Gasteiger partial charge in [0.25, 0.3) is 0 Å². The smallest absolute Gasteiger partial charge is 0.318 e. The normalized spacial score (nSPS) is 13.6. The number of ether oxygens (including phenoxy) is 1. The number of amides is 2. The molecule has 0 fully saturated rings. The molecule has 5 heteroatoms. The van der Waals surface area contributed by atoms with E-state index in [1.54, 1.807) is 11.8 Å². The molecule has 2 N–H and O–H groups in total. The maximum atomic E-state index is 12.4. The minimum atomic E-state index is -0.551. The van der Waals surface area contributed by atoms with Crippen LogP contribution in [0.1, 0.15) is 46.2 Å². The molecule has 1 aromatic carbocycles. The molecular formula is C17H28N2O3. The van der Waals surface area contributed by atoms with Gasteiger partial charge in [-0.3, -0.25) is 0 Å². The van der Waals surface area contributed by atoms with Crippen LogP contribution in [0.25, 0.3) is 0 Å². The second-order valence-corrected chi connectivity index (χ2v) is 5.77. The molecule has 0 bridgehead atoms. The molecule has 1 rings (SSSR count). The number of hydrogen-bond acceptors (Lipinski definition) is 3. The van der Waals surface area contributed by atoms with Gasteiger partial charge in [-0.25, -0.2) is 4.79 Å². The van der Waals surface area contributed by atoms with Gasteiger partial charge in [-0.2, -0.15) is 0 Å². The second kappa shape index (κ2) is 8.63. The van der Waals surface area contributed by atoms with Crippen LogP contribution < -0.4 is 10.1 Å². The third kappa shape index (κ3) is 5.56. The molecule has 0 aliphatic heterocycles. The SMILES string of the molecule is CCOc1cccc(C(C)NC(=O)N(CC(C)O)C(C)C)c1. The van der Waals surface area contributed by atoms with Crippen molar-refractivity contribution in [2.24, 2.45) is 0 Å². The van der Waals surface area contributed by atoms with Crippen molar-refractivity contribution in [1.82, 2.24) is 10.2 Å². The summed E-state index contributed by atoms with van der Waals surface area (Å²) < 4.78 is 5.48. The van der Waals surface area contributed by atoms with E-state index in [9.17, 15) is 9.90 Å². The van der Waals surface area contributed by atoms with Gasteiger partial charge in [0, 0.05) is 12.6 Å². The summed E-state index contributed by atoms with van der Waals surface area (Å²) in [6.07, 6.45) is -0.551. The lowest BCUT2D eigenvalue weighted by Gasteiger charge is -2.29. The minimum Gasteiger partial charge on any atom is -0.494 e. The van der Waals surface area contributed by atoms with Crippen molar-refractivity contribution in [1.29, 1.82) is 0 Å². The average Bonchev–Trinajstić information content (AvgIpc) is 2.44. The summed E-state index contributed by atoms with van der Waals surface area (Å²) in [7, 11) is 0. The summed E-state index contributed by atoms with van der Waals surface area (Å²) in [4.78, 5) is 14.0. The Bertz CT molecular complexity index is 475. The molecule has 0 saturated heterocycles. The number of carbonyl (C=O) groups excluding carboxylic acids is 1. The van der Waals surface area contributed by atoms with Gasteiger partial charge in [-0.1, -0.05) is 12.1 Å². The van der Waals surface area contributed by atoms with Gasteiger partial charge in [-0.15, -0.1) is 0 Å². The Labute approximate surface area is 133 Å². The second-order valence-electron chi connectivity index (χ2n) is 5.77. The molecule has 2 amide bonds. The van der Waals surface area contributed by atoms with Crippen LogP contribution in [-0.4, -0.2) is 41.3 Å². The van der Waals surface area contributed by atoms with Gasteiger partial charge >= 0.3 is 6.03 Å². The number of nitrogens with zero attached hydrogens (tertiary/aromatic N) is 1. The number of carbonyl (C=O) groups is 1. The van der Waals surface area contributed by atoms with E-state index in [1.807, 2.05) is 52.0 Å². The van der Waals surface area contributed by atoms with Crippen LogP contribution in [-0.2, 0) is 0 Å². The summed E-state index contributed by atoms with van der Waals surface area (Å²) in [6.45, 7) is 10.3. The summed E-state index contributed by atoms with van der Waals surface area (Å²) >= 11 is 0. The first-order valence-corrected chi connectivity index (χ1v) is 7.83. The zero-order valence-corrected chi connectivity index (χ0v) is 14.2. The summed E-state index contributed by atoms with van der Waals surface area (Å²) in [6, 6.07) is 7.42. The highest BCUT2D eigenvalue weighted by molar-refractivity contribution is 5.75. The van der Waals surface area contributed by atoms with Gasteiger partial charge in [-0.05, 0) is 52.3 Å². The van der Waals surface area contributed by atoms with Gasteiger partial charge in [0.1, 0.15) is 5.75 Å². The predicted octanol–water partition coefficient (Wildman–Crippen LogP) is 2.95. The Morgan fingerprint density at radius 3 is 2.55 bits per heavy atom. The third-order valence-corrected chi connectivity index (χ3v) is 3.35. The predicted molar refractivity (Wildman–Crippen MR) is 88.1 cm³/mol. The van der Waals surface area contributed by atoms with E-state index in [0.29, 0.717) is 13.2 Å².